The van der Waals surface area contributed by atoms with Crippen LogP contribution in [0.25, 0.3) is 0 Å². The standard InChI is InChI=1S/C15H24BrN3/c1-10-6-7-19(11(2)8-10)13-9-12(16)17-14(18-13)15(3,4)5/h9-11H,6-8H2,1-5H3. The van der Waals surface area contributed by atoms with Crippen molar-refractivity contribution in [1.29, 1.82) is 0 Å². The summed E-state index contributed by atoms with van der Waals surface area (Å²) in [6, 6.07) is 2.60. The summed E-state index contributed by atoms with van der Waals surface area (Å²) in [5.74, 6) is 2.78. The van der Waals surface area contributed by atoms with Gasteiger partial charge >= 0.3 is 0 Å². The van der Waals surface area contributed by atoms with Gasteiger partial charge in [0.15, 0.2) is 0 Å². The SMILES string of the molecule is CC1CCN(c2cc(Br)nc(C(C)(C)C)n2)C(C)C1. The van der Waals surface area contributed by atoms with Crippen LogP contribution >= 0.6 is 15.9 Å². The van der Waals surface area contributed by atoms with E-state index < -0.39 is 0 Å². The first kappa shape index (κ1) is 14.8. The van der Waals surface area contributed by atoms with Gasteiger partial charge in [-0.1, -0.05) is 27.7 Å². The van der Waals surface area contributed by atoms with Crippen molar-refractivity contribution >= 4 is 21.7 Å². The number of hydrogen-bond donors (Lipinski definition) is 0. The van der Waals surface area contributed by atoms with E-state index in [4.69, 9.17) is 4.98 Å². The topological polar surface area (TPSA) is 29.0 Å². The van der Waals surface area contributed by atoms with Crippen LogP contribution < -0.4 is 4.90 Å². The predicted molar refractivity (Wildman–Crippen MR) is 83.6 cm³/mol. The summed E-state index contributed by atoms with van der Waals surface area (Å²) in [4.78, 5) is 11.7. The van der Waals surface area contributed by atoms with Crippen LogP contribution in [-0.2, 0) is 5.41 Å². The molecule has 3 nitrogen and oxygen atoms in total. The Bertz CT molecular complexity index is 453. The Morgan fingerprint density at radius 3 is 2.53 bits per heavy atom. The molecule has 0 spiro atoms. The van der Waals surface area contributed by atoms with Crippen LogP contribution in [-0.4, -0.2) is 22.6 Å². The molecule has 0 bridgehead atoms. The van der Waals surface area contributed by atoms with Gasteiger partial charge in [0.1, 0.15) is 16.2 Å². The first-order valence-corrected chi connectivity index (χ1v) is 7.88. The Balaban J connectivity index is 2.32. The van der Waals surface area contributed by atoms with Crippen LogP contribution in [0.15, 0.2) is 10.7 Å². The van der Waals surface area contributed by atoms with Gasteiger partial charge in [-0.2, -0.15) is 0 Å². The fourth-order valence-electron chi connectivity index (χ4n) is 2.64. The summed E-state index contributed by atoms with van der Waals surface area (Å²) in [6.07, 6.45) is 2.49. The summed E-state index contributed by atoms with van der Waals surface area (Å²) in [7, 11) is 0. The lowest BCUT2D eigenvalue weighted by molar-refractivity contribution is 0.375. The van der Waals surface area contributed by atoms with Crippen molar-refractivity contribution in [3.05, 3.63) is 16.5 Å². The third kappa shape index (κ3) is 3.47. The van der Waals surface area contributed by atoms with Gasteiger partial charge in [-0.25, -0.2) is 9.97 Å². The van der Waals surface area contributed by atoms with Crippen molar-refractivity contribution in [3.8, 4) is 0 Å². The summed E-state index contributed by atoms with van der Waals surface area (Å²) in [6.45, 7) is 12.2. The fraction of sp³-hybridized carbons (Fsp3) is 0.733. The van der Waals surface area contributed by atoms with Gasteiger partial charge in [0.25, 0.3) is 0 Å². The van der Waals surface area contributed by atoms with Gasteiger partial charge in [0.05, 0.1) is 0 Å². The van der Waals surface area contributed by atoms with E-state index in [9.17, 15) is 0 Å². The minimum absolute atomic E-state index is 0.0230. The van der Waals surface area contributed by atoms with E-state index in [-0.39, 0.29) is 5.41 Å². The second-order valence-corrected chi connectivity index (χ2v) is 7.61. The van der Waals surface area contributed by atoms with Crippen molar-refractivity contribution in [3.63, 3.8) is 0 Å². The molecule has 0 aliphatic carbocycles. The molecule has 2 heterocycles. The quantitative estimate of drug-likeness (QED) is 0.726. The van der Waals surface area contributed by atoms with Gasteiger partial charge in [0.2, 0.25) is 0 Å². The molecule has 4 heteroatoms. The highest BCUT2D eigenvalue weighted by atomic mass is 79.9. The van der Waals surface area contributed by atoms with Crippen LogP contribution in [0.1, 0.15) is 53.3 Å². The molecule has 1 saturated heterocycles. The van der Waals surface area contributed by atoms with Crippen molar-refractivity contribution < 1.29 is 0 Å². The Morgan fingerprint density at radius 1 is 1.26 bits per heavy atom. The van der Waals surface area contributed by atoms with Gasteiger partial charge < -0.3 is 4.90 Å². The lowest BCUT2D eigenvalue weighted by Crippen LogP contribution is -2.41. The van der Waals surface area contributed by atoms with Gasteiger partial charge in [-0.05, 0) is 41.6 Å². The molecule has 1 aliphatic rings. The lowest BCUT2D eigenvalue weighted by atomic mass is 9.93. The monoisotopic (exact) mass is 325 g/mol. The molecule has 1 aromatic rings. The van der Waals surface area contributed by atoms with Crippen LogP contribution in [0, 0.1) is 5.92 Å². The maximum Gasteiger partial charge on any atom is 0.137 e. The minimum atomic E-state index is -0.0230. The predicted octanol–water partition coefficient (Wildman–Crippen LogP) is 4.16. The number of rotatable bonds is 1. The van der Waals surface area contributed by atoms with Crippen molar-refractivity contribution in [2.24, 2.45) is 5.92 Å². The molecular formula is C15H24BrN3. The zero-order valence-electron chi connectivity index (χ0n) is 12.6. The average Bonchev–Trinajstić information content (AvgIpc) is 2.26. The van der Waals surface area contributed by atoms with E-state index >= 15 is 0 Å². The van der Waals surface area contributed by atoms with E-state index in [0.29, 0.717) is 6.04 Å². The summed E-state index contributed by atoms with van der Waals surface area (Å²) in [5.41, 5.74) is -0.0230. The number of aromatic nitrogens is 2. The Kier molecular flexibility index (Phi) is 4.19. The number of hydrogen-bond acceptors (Lipinski definition) is 3. The molecule has 0 amide bonds. The highest BCUT2D eigenvalue weighted by molar-refractivity contribution is 9.10. The molecule has 1 aromatic heterocycles. The van der Waals surface area contributed by atoms with Gasteiger partial charge in [0, 0.05) is 24.1 Å². The molecule has 0 saturated carbocycles. The molecule has 1 aliphatic heterocycles. The summed E-state index contributed by atoms with van der Waals surface area (Å²) < 4.78 is 0.883. The first-order valence-electron chi connectivity index (χ1n) is 7.09. The van der Waals surface area contributed by atoms with E-state index in [2.05, 4.69) is 60.4 Å². The Hall–Kier alpha value is -0.640. The number of halogens is 1. The van der Waals surface area contributed by atoms with E-state index in [0.717, 1.165) is 28.7 Å². The van der Waals surface area contributed by atoms with Crippen LogP contribution in [0.4, 0.5) is 5.82 Å². The molecule has 106 valence electrons. The molecule has 0 aromatic carbocycles. The second-order valence-electron chi connectivity index (χ2n) is 6.79. The fourth-order valence-corrected chi connectivity index (χ4v) is 3.01. The lowest BCUT2D eigenvalue weighted by Gasteiger charge is -2.37. The smallest absolute Gasteiger partial charge is 0.137 e. The van der Waals surface area contributed by atoms with E-state index in [1.165, 1.54) is 12.8 Å². The number of anilines is 1. The maximum absolute atomic E-state index is 4.79. The van der Waals surface area contributed by atoms with E-state index in [1.54, 1.807) is 0 Å². The Morgan fingerprint density at radius 2 is 1.95 bits per heavy atom. The van der Waals surface area contributed by atoms with Crippen molar-refractivity contribution in [2.75, 3.05) is 11.4 Å². The van der Waals surface area contributed by atoms with Crippen molar-refractivity contribution in [2.45, 2.75) is 58.9 Å². The average molecular weight is 326 g/mol. The number of nitrogens with zero attached hydrogens (tertiary/aromatic N) is 3. The largest absolute Gasteiger partial charge is 0.354 e. The highest BCUT2D eigenvalue weighted by Crippen LogP contribution is 2.29. The van der Waals surface area contributed by atoms with Gasteiger partial charge in [-0.3, -0.25) is 0 Å². The third-order valence-electron chi connectivity index (χ3n) is 3.78. The van der Waals surface area contributed by atoms with Crippen LogP contribution in [0.5, 0.6) is 0 Å². The second kappa shape index (κ2) is 5.39. The molecule has 0 N–H and O–H groups in total. The zero-order chi connectivity index (χ0) is 14.2. The van der Waals surface area contributed by atoms with Crippen LogP contribution in [0.3, 0.4) is 0 Å². The molecule has 2 unspecified atom stereocenters. The number of piperidine rings is 1. The highest BCUT2D eigenvalue weighted by Gasteiger charge is 2.26. The first-order chi connectivity index (χ1) is 8.77. The molecule has 19 heavy (non-hydrogen) atoms. The normalized spacial score (nSPS) is 24.6. The summed E-state index contributed by atoms with van der Waals surface area (Å²) in [5, 5.41) is 0. The minimum Gasteiger partial charge on any atom is -0.354 e. The molecule has 2 atom stereocenters. The van der Waals surface area contributed by atoms with Crippen molar-refractivity contribution in [1.82, 2.24) is 9.97 Å². The maximum atomic E-state index is 4.79. The molecular weight excluding hydrogens is 302 g/mol. The molecule has 1 fully saturated rings. The molecule has 0 radical (unpaired) electrons. The van der Waals surface area contributed by atoms with E-state index in [1.807, 2.05) is 6.07 Å². The van der Waals surface area contributed by atoms with Gasteiger partial charge in [-0.15, -0.1) is 0 Å². The van der Waals surface area contributed by atoms with Crippen LogP contribution in [0.2, 0.25) is 0 Å². The summed E-state index contributed by atoms with van der Waals surface area (Å²) >= 11 is 3.53. The zero-order valence-corrected chi connectivity index (χ0v) is 14.2. The molecule has 2 rings (SSSR count). The third-order valence-corrected chi connectivity index (χ3v) is 4.19. The Labute approximate surface area is 125 Å².